The Balaban J connectivity index is 2.08. The Hall–Kier alpha value is -2.20. The zero-order valence-corrected chi connectivity index (χ0v) is 12.1. The smallest absolute Gasteiger partial charge is 0.313 e. The van der Waals surface area contributed by atoms with Gasteiger partial charge in [-0.3, -0.25) is 14.2 Å². The fourth-order valence-corrected chi connectivity index (χ4v) is 3.23. The summed E-state index contributed by atoms with van der Waals surface area (Å²) in [4.78, 5) is 32.0. The lowest BCUT2D eigenvalue weighted by Crippen LogP contribution is -2.24. The quantitative estimate of drug-likeness (QED) is 0.548. The van der Waals surface area contributed by atoms with Gasteiger partial charge in [-0.25, -0.2) is 4.98 Å². The van der Waals surface area contributed by atoms with Gasteiger partial charge in [0.1, 0.15) is 4.83 Å². The Morgan fingerprint density at radius 1 is 1.52 bits per heavy atom. The van der Waals surface area contributed by atoms with E-state index in [1.165, 1.54) is 22.3 Å². The lowest BCUT2D eigenvalue weighted by atomic mass is 10.4. The summed E-state index contributed by atoms with van der Waals surface area (Å²) in [7, 11) is 0. The molecule has 0 aromatic carbocycles. The number of thioether (sulfide) groups is 1. The third-order valence-electron chi connectivity index (χ3n) is 2.58. The molecule has 0 saturated carbocycles. The van der Waals surface area contributed by atoms with Crippen molar-refractivity contribution in [2.24, 2.45) is 0 Å². The number of carboxylic acids is 1. The molecule has 0 unspecified atom stereocenters. The van der Waals surface area contributed by atoms with Crippen LogP contribution in [-0.4, -0.2) is 36.5 Å². The van der Waals surface area contributed by atoms with Crippen molar-refractivity contribution in [3.05, 3.63) is 34.0 Å². The van der Waals surface area contributed by atoms with E-state index in [9.17, 15) is 9.59 Å². The van der Waals surface area contributed by atoms with Crippen molar-refractivity contribution in [1.29, 1.82) is 0 Å². The first-order valence-corrected chi connectivity index (χ1v) is 7.59. The van der Waals surface area contributed by atoms with Crippen LogP contribution in [0.2, 0.25) is 0 Å². The van der Waals surface area contributed by atoms with E-state index in [4.69, 9.17) is 5.11 Å². The number of rotatable bonds is 5. The third-order valence-corrected chi connectivity index (χ3v) is 4.35. The number of nitrogens with zero attached hydrogens (tertiary/aromatic N) is 4. The monoisotopic (exact) mass is 324 g/mol. The molecule has 0 atom stereocenters. The van der Waals surface area contributed by atoms with Crippen LogP contribution in [0.25, 0.3) is 10.2 Å². The highest BCUT2D eigenvalue weighted by Crippen LogP contribution is 2.21. The molecule has 8 nitrogen and oxygen atoms in total. The number of aliphatic carboxylic acids is 1. The summed E-state index contributed by atoms with van der Waals surface area (Å²) in [5.41, 5.74) is -0.251. The second-order valence-electron chi connectivity index (χ2n) is 3.95. The fraction of sp³-hybridized carbons (Fsp3) is 0.182. The van der Waals surface area contributed by atoms with Gasteiger partial charge >= 0.3 is 5.97 Å². The molecule has 108 valence electrons. The fourth-order valence-electron chi connectivity index (χ4n) is 1.71. The predicted molar refractivity (Wildman–Crippen MR) is 75.6 cm³/mol. The summed E-state index contributed by atoms with van der Waals surface area (Å²) in [6.07, 6.45) is 1.17. The van der Waals surface area contributed by atoms with Crippen molar-refractivity contribution in [2.45, 2.75) is 11.7 Å². The zero-order valence-electron chi connectivity index (χ0n) is 10.4. The van der Waals surface area contributed by atoms with Gasteiger partial charge in [0.25, 0.3) is 5.56 Å². The molecule has 0 aliphatic rings. The van der Waals surface area contributed by atoms with Gasteiger partial charge in [0.15, 0.2) is 11.0 Å². The zero-order chi connectivity index (χ0) is 14.8. The number of hydrogen-bond acceptors (Lipinski definition) is 8. The Morgan fingerprint density at radius 3 is 3.10 bits per heavy atom. The lowest BCUT2D eigenvalue weighted by molar-refractivity contribution is -0.133. The summed E-state index contributed by atoms with van der Waals surface area (Å²) in [5.74, 6) is -0.840. The van der Waals surface area contributed by atoms with Gasteiger partial charge in [-0.2, -0.15) is 4.98 Å². The molecule has 3 aromatic rings. The molecule has 3 rings (SSSR count). The van der Waals surface area contributed by atoms with Gasteiger partial charge < -0.3 is 9.63 Å². The van der Waals surface area contributed by atoms with Crippen LogP contribution in [0.5, 0.6) is 0 Å². The number of fused-ring (bicyclic) bond motifs is 1. The van der Waals surface area contributed by atoms with Crippen LogP contribution in [0.1, 0.15) is 5.82 Å². The average molecular weight is 324 g/mol. The molecule has 10 heteroatoms. The highest BCUT2D eigenvalue weighted by molar-refractivity contribution is 7.99. The van der Waals surface area contributed by atoms with Gasteiger partial charge in [-0.15, -0.1) is 11.3 Å². The topological polar surface area (TPSA) is 111 Å². The molecule has 3 heterocycles. The van der Waals surface area contributed by atoms with E-state index < -0.39 is 5.97 Å². The molecular weight excluding hydrogens is 316 g/mol. The highest BCUT2D eigenvalue weighted by Gasteiger charge is 2.15. The average Bonchev–Trinajstić information content (AvgIpc) is 3.11. The molecule has 21 heavy (non-hydrogen) atoms. The van der Waals surface area contributed by atoms with Crippen LogP contribution in [0.4, 0.5) is 0 Å². The highest BCUT2D eigenvalue weighted by atomic mass is 32.2. The predicted octanol–water partition coefficient (Wildman–Crippen LogP) is 1.07. The minimum Gasteiger partial charge on any atom is -0.481 e. The van der Waals surface area contributed by atoms with Crippen molar-refractivity contribution < 1.29 is 14.4 Å². The summed E-state index contributed by atoms with van der Waals surface area (Å²) in [5, 5.41) is 15.0. The molecule has 3 aromatic heterocycles. The first kappa shape index (κ1) is 13.8. The number of carbonyl (C=O) groups is 1. The van der Waals surface area contributed by atoms with E-state index in [-0.39, 0.29) is 17.9 Å². The van der Waals surface area contributed by atoms with Crippen molar-refractivity contribution >= 4 is 39.3 Å². The van der Waals surface area contributed by atoms with Gasteiger partial charge in [-0.1, -0.05) is 16.9 Å². The van der Waals surface area contributed by atoms with Crippen molar-refractivity contribution in [2.75, 3.05) is 5.75 Å². The van der Waals surface area contributed by atoms with Crippen molar-refractivity contribution in [3.8, 4) is 0 Å². The Labute approximate surface area is 125 Å². The molecule has 0 aliphatic carbocycles. The molecule has 0 amide bonds. The van der Waals surface area contributed by atoms with Gasteiger partial charge in [0.05, 0.1) is 17.7 Å². The first-order chi connectivity index (χ1) is 10.1. The first-order valence-electron chi connectivity index (χ1n) is 5.73. The number of hydrogen-bond donors (Lipinski definition) is 1. The molecule has 0 aliphatic heterocycles. The molecular formula is C11H8N4O4S2. The van der Waals surface area contributed by atoms with Crippen LogP contribution in [0, 0.1) is 0 Å². The Morgan fingerprint density at radius 2 is 2.38 bits per heavy atom. The maximum Gasteiger partial charge on any atom is 0.313 e. The third kappa shape index (κ3) is 2.81. The minimum atomic E-state index is -0.980. The number of thiophene rings is 1. The van der Waals surface area contributed by atoms with E-state index in [2.05, 4.69) is 19.6 Å². The van der Waals surface area contributed by atoms with E-state index >= 15 is 0 Å². The normalized spacial score (nSPS) is 11.0. The molecule has 0 radical (unpaired) electrons. The van der Waals surface area contributed by atoms with E-state index in [0.29, 0.717) is 21.2 Å². The number of aromatic nitrogens is 4. The largest absolute Gasteiger partial charge is 0.481 e. The SMILES string of the molecule is O=C(O)CSc1nc2sccc2c(=O)n1Cc1ncon1. The molecule has 0 spiro atoms. The van der Waals surface area contributed by atoms with E-state index in [0.717, 1.165) is 11.8 Å². The Bertz CT molecular complexity index is 840. The van der Waals surface area contributed by atoms with E-state index in [1.54, 1.807) is 11.4 Å². The summed E-state index contributed by atoms with van der Waals surface area (Å²) >= 11 is 2.31. The lowest BCUT2D eigenvalue weighted by Gasteiger charge is -2.08. The standard InChI is InChI=1S/C11H8N4O4S2/c16-8(17)4-21-11-13-9-6(1-2-20-9)10(18)15(11)3-7-12-5-19-14-7/h1-2,5H,3-4H2,(H,16,17). The van der Waals surface area contributed by atoms with Gasteiger partial charge in [-0.05, 0) is 11.4 Å². The van der Waals surface area contributed by atoms with Crippen molar-refractivity contribution in [1.82, 2.24) is 19.7 Å². The van der Waals surface area contributed by atoms with Crippen LogP contribution in [0.3, 0.4) is 0 Å². The summed E-state index contributed by atoms with van der Waals surface area (Å²) in [6.45, 7) is 0.0794. The minimum absolute atomic E-state index is 0.0794. The van der Waals surface area contributed by atoms with Crippen molar-refractivity contribution in [3.63, 3.8) is 0 Å². The molecule has 0 bridgehead atoms. The maximum absolute atomic E-state index is 12.5. The summed E-state index contributed by atoms with van der Waals surface area (Å²) < 4.78 is 6.00. The van der Waals surface area contributed by atoms with Crippen LogP contribution < -0.4 is 5.56 Å². The van der Waals surface area contributed by atoms with Gasteiger partial charge in [0, 0.05) is 0 Å². The van der Waals surface area contributed by atoms with Gasteiger partial charge in [0.2, 0.25) is 6.39 Å². The van der Waals surface area contributed by atoms with Crippen LogP contribution >= 0.6 is 23.1 Å². The molecule has 1 N–H and O–H groups in total. The molecule has 0 saturated heterocycles. The second-order valence-corrected chi connectivity index (χ2v) is 5.79. The number of carboxylic acid groups (broad SMARTS) is 1. The van der Waals surface area contributed by atoms with E-state index in [1.807, 2.05) is 0 Å². The summed E-state index contributed by atoms with van der Waals surface area (Å²) in [6, 6.07) is 1.69. The van der Waals surface area contributed by atoms with Crippen LogP contribution in [0.15, 0.2) is 32.3 Å². The maximum atomic E-state index is 12.5. The van der Waals surface area contributed by atoms with Crippen LogP contribution in [-0.2, 0) is 11.3 Å². The molecule has 0 fully saturated rings. The second kappa shape index (κ2) is 5.66. The Kier molecular flexibility index (Phi) is 3.71.